The Kier molecular flexibility index (Phi) is 3.35. The Morgan fingerprint density at radius 1 is 1.18 bits per heavy atom. The smallest absolute Gasteiger partial charge is 0.140 e. The van der Waals surface area contributed by atoms with Gasteiger partial charge in [0.05, 0.1) is 20.5 Å². The molecule has 90 valence electrons. The molecule has 0 saturated heterocycles. The van der Waals surface area contributed by atoms with Crippen LogP contribution in [0.2, 0.25) is 0 Å². The summed E-state index contributed by atoms with van der Waals surface area (Å²) in [4.78, 5) is 0. The van der Waals surface area contributed by atoms with Crippen LogP contribution in [0.15, 0.2) is 41.0 Å². The lowest BCUT2D eigenvalue weighted by Crippen LogP contribution is -2.01. The average Bonchev–Trinajstić information content (AvgIpc) is 2.91. The van der Waals surface area contributed by atoms with E-state index in [0.717, 1.165) is 0 Å². The first kappa shape index (κ1) is 11.5. The molecule has 0 bridgehead atoms. The van der Waals surface area contributed by atoms with Crippen molar-refractivity contribution in [2.45, 2.75) is 6.10 Å². The van der Waals surface area contributed by atoms with Gasteiger partial charge in [0.25, 0.3) is 0 Å². The Bertz CT molecular complexity index is 476. The summed E-state index contributed by atoms with van der Waals surface area (Å²) < 4.78 is 15.5. The second-order valence-electron chi connectivity index (χ2n) is 3.53. The van der Waals surface area contributed by atoms with Crippen LogP contribution in [0.5, 0.6) is 11.5 Å². The fourth-order valence-corrected chi connectivity index (χ4v) is 1.65. The first-order valence-electron chi connectivity index (χ1n) is 5.19. The van der Waals surface area contributed by atoms with Crippen molar-refractivity contribution in [2.75, 3.05) is 14.2 Å². The molecule has 1 aromatic heterocycles. The van der Waals surface area contributed by atoms with Gasteiger partial charge >= 0.3 is 0 Å². The van der Waals surface area contributed by atoms with E-state index in [9.17, 15) is 5.11 Å². The lowest BCUT2D eigenvalue weighted by molar-refractivity contribution is 0.184. The highest BCUT2D eigenvalue weighted by Crippen LogP contribution is 2.33. The number of benzene rings is 1. The van der Waals surface area contributed by atoms with Gasteiger partial charge in [0.2, 0.25) is 0 Å². The Morgan fingerprint density at radius 3 is 2.59 bits per heavy atom. The molecule has 0 aliphatic carbocycles. The Morgan fingerprint density at radius 2 is 2.00 bits per heavy atom. The van der Waals surface area contributed by atoms with Gasteiger partial charge in [-0.3, -0.25) is 0 Å². The first-order valence-corrected chi connectivity index (χ1v) is 5.19. The molecular weight excluding hydrogens is 220 g/mol. The van der Waals surface area contributed by atoms with Crippen LogP contribution in [0.25, 0.3) is 0 Å². The molecule has 0 amide bonds. The van der Waals surface area contributed by atoms with Gasteiger partial charge in [0, 0.05) is 5.56 Å². The molecule has 2 aromatic rings. The number of furan rings is 1. The molecular formula is C13H14O4. The first-order chi connectivity index (χ1) is 8.26. The van der Waals surface area contributed by atoms with Crippen molar-refractivity contribution in [3.63, 3.8) is 0 Å². The van der Waals surface area contributed by atoms with Gasteiger partial charge in [-0.2, -0.15) is 0 Å². The number of aliphatic hydroxyl groups excluding tert-OH is 1. The summed E-state index contributed by atoms with van der Waals surface area (Å²) in [7, 11) is 3.13. The van der Waals surface area contributed by atoms with Crippen molar-refractivity contribution in [2.24, 2.45) is 0 Å². The standard InChI is InChI=1S/C13H14O4/c1-15-9-5-6-11(16-2)10(8-9)13(14)12-4-3-7-17-12/h3-8,13-14H,1-2H3/t13-/m0/s1. The van der Waals surface area contributed by atoms with Gasteiger partial charge in [-0.1, -0.05) is 0 Å². The van der Waals surface area contributed by atoms with E-state index >= 15 is 0 Å². The highest BCUT2D eigenvalue weighted by atomic mass is 16.5. The maximum absolute atomic E-state index is 10.2. The lowest BCUT2D eigenvalue weighted by Gasteiger charge is -2.14. The molecule has 4 nitrogen and oxygen atoms in total. The monoisotopic (exact) mass is 234 g/mol. The maximum atomic E-state index is 10.2. The summed E-state index contributed by atoms with van der Waals surface area (Å²) in [6.07, 6.45) is 0.653. The molecule has 1 heterocycles. The molecule has 4 heteroatoms. The quantitative estimate of drug-likeness (QED) is 0.882. The van der Waals surface area contributed by atoms with Crippen LogP contribution in [0.4, 0.5) is 0 Å². The minimum atomic E-state index is -0.866. The minimum absolute atomic E-state index is 0.469. The SMILES string of the molecule is COc1ccc(OC)c([C@H](O)c2ccco2)c1. The van der Waals surface area contributed by atoms with Gasteiger partial charge < -0.3 is 19.0 Å². The van der Waals surface area contributed by atoms with Gasteiger partial charge in [-0.25, -0.2) is 0 Å². The molecule has 1 atom stereocenters. The summed E-state index contributed by atoms with van der Waals surface area (Å²) in [6.45, 7) is 0. The highest BCUT2D eigenvalue weighted by molar-refractivity contribution is 5.43. The van der Waals surface area contributed by atoms with E-state index in [4.69, 9.17) is 13.9 Å². The van der Waals surface area contributed by atoms with E-state index in [0.29, 0.717) is 22.8 Å². The molecule has 0 spiro atoms. The van der Waals surface area contributed by atoms with Crippen LogP contribution in [-0.4, -0.2) is 19.3 Å². The van der Waals surface area contributed by atoms with Crippen LogP contribution < -0.4 is 9.47 Å². The van der Waals surface area contributed by atoms with E-state index < -0.39 is 6.10 Å². The lowest BCUT2D eigenvalue weighted by atomic mass is 10.1. The molecule has 0 radical (unpaired) electrons. The van der Waals surface area contributed by atoms with Gasteiger partial charge in [0.15, 0.2) is 0 Å². The van der Waals surface area contributed by atoms with E-state index in [1.54, 1.807) is 44.6 Å². The summed E-state index contributed by atoms with van der Waals surface area (Å²) in [5.41, 5.74) is 0.613. The zero-order valence-corrected chi connectivity index (χ0v) is 9.71. The number of rotatable bonds is 4. The third-order valence-corrected chi connectivity index (χ3v) is 2.54. The van der Waals surface area contributed by atoms with Gasteiger partial charge in [-0.15, -0.1) is 0 Å². The molecule has 0 unspecified atom stereocenters. The van der Waals surface area contributed by atoms with Crippen LogP contribution in [0.3, 0.4) is 0 Å². The van der Waals surface area contributed by atoms with Crippen LogP contribution in [0.1, 0.15) is 17.4 Å². The zero-order chi connectivity index (χ0) is 12.3. The second kappa shape index (κ2) is 4.93. The van der Waals surface area contributed by atoms with E-state index in [1.165, 1.54) is 6.26 Å². The van der Waals surface area contributed by atoms with Crippen LogP contribution in [-0.2, 0) is 0 Å². The molecule has 17 heavy (non-hydrogen) atoms. The van der Waals surface area contributed by atoms with Crippen molar-refractivity contribution >= 4 is 0 Å². The fourth-order valence-electron chi connectivity index (χ4n) is 1.65. The average molecular weight is 234 g/mol. The topological polar surface area (TPSA) is 51.8 Å². The summed E-state index contributed by atoms with van der Waals surface area (Å²) in [5, 5.41) is 10.2. The minimum Gasteiger partial charge on any atom is -0.497 e. The summed E-state index contributed by atoms with van der Waals surface area (Å²) in [5.74, 6) is 1.72. The molecule has 0 fully saturated rings. The van der Waals surface area contributed by atoms with E-state index in [1.807, 2.05) is 0 Å². The van der Waals surface area contributed by atoms with Crippen molar-refractivity contribution in [1.82, 2.24) is 0 Å². The van der Waals surface area contributed by atoms with Gasteiger partial charge in [-0.05, 0) is 30.3 Å². The Hall–Kier alpha value is -1.94. The van der Waals surface area contributed by atoms with Crippen LogP contribution in [0, 0.1) is 0 Å². The molecule has 0 aliphatic heterocycles. The van der Waals surface area contributed by atoms with E-state index in [2.05, 4.69) is 0 Å². The van der Waals surface area contributed by atoms with Crippen molar-refractivity contribution in [3.05, 3.63) is 47.9 Å². The molecule has 0 aliphatic rings. The third kappa shape index (κ3) is 2.26. The maximum Gasteiger partial charge on any atom is 0.140 e. The number of hydrogen-bond acceptors (Lipinski definition) is 4. The molecule has 1 N–H and O–H groups in total. The zero-order valence-electron chi connectivity index (χ0n) is 9.71. The largest absolute Gasteiger partial charge is 0.497 e. The molecule has 0 saturated carbocycles. The second-order valence-corrected chi connectivity index (χ2v) is 3.53. The Balaban J connectivity index is 2.41. The Labute approximate surface area is 99.4 Å². The predicted molar refractivity (Wildman–Crippen MR) is 62.3 cm³/mol. The summed E-state index contributed by atoms with van der Waals surface area (Å²) >= 11 is 0. The van der Waals surface area contributed by atoms with Crippen molar-refractivity contribution in [1.29, 1.82) is 0 Å². The normalized spacial score (nSPS) is 12.2. The number of hydrogen-bond donors (Lipinski definition) is 1. The molecule has 1 aromatic carbocycles. The number of methoxy groups -OCH3 is 2. The number of ether oxygens (including phenoxy) is 2. The fraction of sp³-hybridized carbons (Fsp3) is 0.231. The predicted octanol–water partition coefficient (Wildman–Crippen LogP) is 2.38. The van der Waals surface area contributed by atoms with E-state index in [-0.39, 0.29) is 0 Å². The van der Waals surface area contributed by atoms with Gasteiger partial charge in [0.1, 0.15) is 23.4 Å². The van der Waals surface area contributed by atoms with Crippen molar-refractivity contribution in [3.8, 4) is 11.5 Å². The van der Waals surface area contributed by atoms with Crippen LogP contribution >= 0.6 is 0 Å². The highest BCUT2D eigenvalue weighted by Gasteiger charge is 2.18. The summed E-state index contributed by atoms with van der Waals surface area (Å²) in [6, 6.07) is 8.69. The third-order valence-electron chi connectivity index (χ3n) is 2.54. The van der Waals surface area contributed by atoms with Crippen molar-refractivity contribution < 1.29 is 19.0 Å². The number of aliphatic hydroxyl groups is 1. The molecule has 2 rings (SSSR count).